The lowest BCUT2D eigenvalue weighted by molar-refractivity contribution is -0.216. The maximum absolute atomic E-state index is 13.4. The zero-order valence-electron chi connectivity index (χ0n) is 14.2. The number of anilines is 1. The van der Waals surface area contributed by atoms with Crippen LogP contribution in [0.5, 0.6) is 0 Å². The van der Waals surface area contributed by atoms with Crippen LogP contribution in [0.15, 0.2) is 28.7 Å². The summed E-state index contributed by atoms with van der Waals surface area (Å²) in [4.78, 5) is 28.1. The number of carbonyl (C=O) groups excluding carboxylic acids is 2. The third kappa shape index (κ3) is 1.60. The molecule has 2 bridgehead atoms. The maximum Gasteiger partial charge on any atom is 0.240 e. The number of nitrogens with zero attached hydrogens (tertiary/aromatic N) is 1. The van der Waals surface area contributed by atoms with E-state index in [1.807, 2.05) is 19.1 Å². The van der Waals surface area contributed by atoms with Gasteiger partial charge in [0.15, 0.2) is 6.29 Å². The summed E-state index contributed by atoms with van der Waals surface area (Å²) in [6, 6.07) is 7.27. The molecule has 1 aromatic rings. The molecule has 2 amide bonds. The SMILES string of the molecule is CC12OC(C3OCCO3)(C3CC31)C1C(=O)N(c3ccc(Br)cc3)C(=O)C12. The first-order valence-corrected chi connectivity index (χ1v) is 9.84. The highest BCUT2D eigenvalue weighted by atomic mass is 79.9. The van der Waals surface area contributed by atoms with Gasteiger partial charge in [0.25, 0.3) is 0 Å². The van der Waals surface area contributed by atoms with Crippen LogP contribution in [-0.4, -0.2) is 42.5 Å². The van der Waals surface area contributed by atoms with Crippen molar-refractivity contribution in [3.8, 4) is 0 Å². The lowest BCUT2D eigenvalue weighted by Crippen LogP contribution is -2.53. The molecule has 1 aromatic carbocycles. The van der Waals surface area contributed by atoms with Gasteiger partial charge in [-0.1, -0.05) is 15.9 Å². The lowest BCUT2D eigenvalue weighted by atomic mass is 9.68. The van der Waals surface area contributed by atoms with Crippen molar-refractivity contribution < 1.29 is 23.8 Å². The van der Waals surface area contributed by atoms with Crippen LogP contribution in [0.4, 0.5) is 5.69 Å². The molecule has 1 aliphatic carbocycles. The van der Waals surface area contributed by atoms with Gasteiger partial charge in [0.2, 0.25) is 11.8 Å². The summed E-state index contributed by atoms with van der Waals surface area (Å²) >= 11 is 3.40. The van der Waals surface area contributed by atoms with Gasteiger partial charge in [0.1, 0.15) is 5.60 Å². The first kappa shape index (κ1) is 15.7. The smallest absolute Gasteiger partial charge is 0.240 e. The first-order chi connectivity index (χ1) is 12.5. The maximum atomic E-state index is 13.4. The van der Waals surface area contributed by atoms with E-state index < -0.39 is 29.3 Å². The Balaban J connectivity index is 1.47. The fourth-order valence-electron chi connectivity index (χ4n) is 5.98. The standard InChI is InChI=1S/C19H18BrNO5/c1-18-11-8-12(11)19(26-18,17-24-6-7-25-17)14-13(18)15(22)21(16(14)23)10-4-2-9(20)3-5-10/h2-5,11-14,17H,6-8H2,1H3. The molecule has 7 heteroatoms. The lowest BCUT2D eigenvalue weighted by Gasteiger charge is -2.36. The average Bonchev–Trinajstić information content (AvgIpc) is 2.94. The van der Waals surface area contributed by atoms with E-state index in [0.717, 1.165) is 10.9 Å². The fourth-order valence-corrected chi connectivity index (χ4v) is 6.25. The van der Waals surface area contributed by atoms with Crippen molar-refractivity contribution in [3.63, 3.8) is 0 Å². The summed E-state index contributed by atoms with van der Waals surface area (Å²) in [5.41, 5.74) is -0.823. The summed E-state index contributed by atoms with van der Waals surface area (Å²) in [7, 11) is 0. The predicted octanol–water partition coefficient (Wildman–Crippen LogP) is 2.10. The Morgan fingerprint density at radius 3 is 2.38 bits per heavy atom. The van der Waals surface area contributed by atoms with Crippen LogP contribution in [0, 0.1) is 23.7 Å². The van der Waals surface area contributed by atoms with Crippen LogP contribution >= 0.6 is 15.9 Å². The molecule has 6 rings (SSSR count). The summed E-state index contributed by atoms with van der Waals surface area (Å²) in [6.45, 7) is 2.99. The molecule has 4 saturated heterocycles. The van der Waals surface area contributed by atoms with Crippen LogP contribution in [0.2, 0.25) is 0 Å². The van der Waals surface area contributed by atoms with E-state index in [1.54, 1.807) is 12.1 Å². The Morgan fingerprint density at radius 2 is 1.69 bits per heavy atom. The second-order valence-corrected chi connectivity index (χ2v) is 9.02. The van der Waals surface area contributed by atoms with Gasteiger partial charge in [-0.2, -0.15) is 0 Å². The van der Waals surface area contributed by atoms with Crippen molar-refractivity contribution in [2.45, 2.75) is 30.8 Å². The molecular weight excluding hydrogens is 402 g/mol. The summed E-state index contributed by atoms with van der Waals surface area (Å²) in [5.74, 6) is -0.798. The number of carbonyl (C=O) groups is 2. The number of imide groups is 1. The molecule has 4 heterocycles. The molecule has 6 unspecified atom stereocenters. The molecule has 0 radical (unpaired) electrons. The van der Waals surface area contributed by atoms with Crippen LogP contribution in [-0.2, 0) is 23.8 Å². The third-order valence-corrected chi connectivity index (χ3v) is 7.52. The Bertz CT molecular complexity index is 837. The third-order valence-electron chi connectivity index (χ3n) is 6.99. The number of halogens is 1. The molecular formula is C19H18BrNO5. The second-order valence-electron chi connectivity index (χ2n) is 8.11. The highest BCUT2D eigenvalue weighted by molar-refractivity contribution is 9.10. The number of hydrogen-bond acceptors (Lipinski definition) is 5. The van der Waals surface area contributed by atoms with Gasteiger partial charge in [-0.3, -0.25) is 9.59 Å². The van der Waals surface area contributed by atoms with E-state index in [0.29, 0.717) is 24.8 Å². The number of rotatable bonds is 2. The Morgan fingerprint density at radius 1 is 1.04 bits per heavy atom. The topological polar surface area (TPSA) is 65.1 Å². The van der Waals surface area contributed by atoms with E-state index >= 15 is 0 Å². The van der Waals surface area contributed by atoms with Gasteiger partial charge in [-0.05, 0) is 49.4 Å². The summed E-state index contributed by atoms with van der Waals surface area (Å²) < 4.78 is 19.0. The number of benzene rings is 1. The van der Waals surface area contributed by atoms with Crippen molar-refractivity contribution in [1.29, 1.82) is 0 Å². The van der Waals surface area contributed by atoms with Crippen LogP contribution in [0.1, 0.15) is 13.3 Å². The van der Waals surface area contributed by atoms with Crippen LogP contribution in [0.3, 0.4) is 0 Å². The highest BCUT2D eigenvalue weighted by Gasteiger charge is 2.87. The average molecular weight is 420 g/mol. The van der Waals surface area contributed by atoms with Crippen molar-refractivity contribution in [2.75, 3.05) is 18.1 Å². The Kier molecular flexibility index (Phi) is 2.88. The number of hydrogen-bond donors (Lipinski definition) is 0. The minimum atomic E-state index is -0.822. The van der Waals surface area contributed by atoms with Crippen LogP contribution in [0.25, 0.3) is 0 Å². The van der Waals surface area contributed by atoms with E-state index in [-0.39, 0.29) is 17.7 Å². The first-order valence-electron chi connectivity index (χ1n) is 9.05. The number of ether oxygens (including phenoxy) is 3. The monoisotopic (exact) mass is 419 g/mol. The summed E-state index contributed by atoms with van der Waals surface area (Å²) in [6.07, 6.45) is 0.418. The minimum absolute atomic E-state index is 0.157. The Hall–Kier alpha value is -1.28. The fraction of sp³-hybridized carbons (Fsp3) is 0.579. The van der Waals surface area contributed by atoms with Gasteiger partial charge >= 0.3 is 0 Å². The normalized spacial score (nSPS) is 46.2. The molecule has 6 atom stereocenters. The molecule has 4 aliphatic heterocycles. The molecule has 5 aliphatic rings. The molecule has 136 valence electrons. The number of fused-ring (bicyclic) bond motifs is 8. The van der Waals surface area contributed by atoms with Crippen LogP contribution < -0.4 is 4.90 Å². The van der Waals surface area contributed by atoms with E-state index in [2.05, 4.69) is 15.9 Å². The number of amides is 2. The molecule has 0 spiro atoms. The van der Waals surface area contributed by atoms with Gasteiger partial charge in [0.05, 0.1) is 36.3 Å². The predicted molar refractivity (Wildman–Crippen MR) is 93.1 cm³/mol. The molecule has 5 fully saturated rings. The quantitative estimate of drug-likeness (QED) is 0.686. The largest absolute Gasteiger partial charge is 0.361 e. The van der Waals surface area contributed by atoms with E-state index in [1.165, 1.54) is 4.90 Å². The summed E-state index contributed by atoms with van der Waals surface area (Å²) in [5, 5.41) is 0. The van der Waals surface area contributed by atoms with Gasteiger partial charge < -0.3 is 14.2 Å². The minimum Gasteiger partial charge on any atom is -0.361 e. The van der Waals surface area contributed by atoms with Crippen molar-refractivity contribution in [3.05, 3.63) is 28.7 Å². The zero-order valence-corrected chi connectivity index (χ0v) is 15.8. The van der Waals surface area contributed by atoms with Crippen molar-refractivity contribution >= 4 is 33.4 Å². The van der Waals surface area contributed by atoms with Crippen molar-refractivity contribution in [1.82, 2.24) is 0 Å². The van der Waals surface area contributed by atoms with Gasteiger partial charge in [0, 0.05) is 4.47 Å². The molecule has 1 saturated carbocycles. The second kappa shape index (κ2) is 4.76. The molecule has 6 nitrogen and oxygen atoms in total. The zero-order chi connectivity index (χ0) is 17.8. The molecule has 0 aromatic heterocycles. The molecule has 26 heavy (non-hydrogen) atoms. The highest BCUT2D eigenvalue weighted by Crippen LogP contribution is 2.76. The van der Waals surface area contributed by atoms with E-state index in [4.69, 9.17) is 14.2 Å². The van der Waals surface area contributed by atoms with Crippen molar-refractivity contribution in [2.24, 2.45) is 23.7 Å². The van der Waals surface area contributed by atoms with E-state index in [9.17, 15) is 9.59 Å². The Labute approximate surface area is 158 Å². The molecule has 0 N–H and O–H groups in total. The van der Waals surface area contributed by atoms with Gasteiger partial charge in [-0.25, -0.2) is 4.90 Å². The van der Waals surface area contributed by atoms with Gasteiger partial charge in [-0.15, -0.1) is 0 Å².